The smallest absolute Gasteiger partial charge is 0.211 e. The van der Waals surface area contributed by atoms with Crippen LogP contribution in [0.1, 0.15) is 25.7 Å². The first-order valence-corrected chi connectivity index (χ1v) is 6.76. The van der Waals surface area contributed by atoms with Gasteiger partial charge in [-0.15, -0.1) is 11.6 Å². The molecule has 0 radical (unpaired) electrons. The highest BCUT2D eigenvalue weighted by Crippen LogP contribution is 2.48. The Morgan fingerprint density at radius 3 is 2.38 bits per heavy atom. The van der Waals surface area contributed by atoms with Gasteiger partial charge in [0.15, 0.2) is 0 Å². The molecule has 0 aromatic rings. The normalized spacial score (nSPS) is 27.8. The summed E-state index contributed by atoms with van der Waals surface area (Å²) in [7, 11) is -3.15. The Morgan fingerprint density at radius 1 is 1.31 bits per heavy atom. The lowest BCUT2D eigenvalue weighted by atomic mass is 9.68. The third-order valence-corrected chi connectivity index (χ3v) is 5.55. The second kappa shape index (κ2) is 3.11. The minimum Gasteiger partial charge on any atom is -0.211 e. The van der Waals surface area contributed by atoms with Crippen LogP contribution in [0.3, 0.4) is 0 Å². The Hall–Kier alpha value is 0.200. The van der Waals surface area contributed by atoms with E-state index >= 15 is 0 Å². The van der Waals surface area contributed by atoms with E-state index in [-0.39, 0.29) is 5.21 Å². The molecule has 1 saturated carbocycles. The Balaban J connectivity index is 2.06. The summed E-state index contributed by atoms with van der Waals surface area (Å²) in [5.74, 6) is 0. The lowest BCUT2D eigenvalue weighted by Crippen LogP contribution is -2.36. The van der Waals surface area contributed by atoms with Crippen molar-refractivity contribution in [3.63, 3.8) is 0 Å². The molecule has 1 aliphatic heterocycles. The van der Waals surface area contributed by atoms with Gasteiger partial charge in [-0.25, -0.2) is 12.7 Å². The molecule has 0 atom stereocenters. The molecule has 0 bridgehead atoms. The molecule has 5 heteroatoms. The SMILES string of the molecule is O=S(=O)(CCl)N1CCC2(CCC2)C1. The van der Waals surface area contributed by atoms with Crippen molar-refractivity contribution in [3.05, 3.63) is 0 Å². The maximum atomic E-state index is 11.4. The van der Waals surface area contributed by atoms with Crippen LogP contribution in [0.4, 0.5) is 0 Å². The summed E-state index contributed by atoms with van der Waals surface area (Å²) in [6.07, 6.45) is 4.68. The summed E-state index contributed by atoms with van der Waals surface area (Å²) >= 11 is 5.40. The molecule has 0 amide bonds. The van der Waals surface area contributed by atoms with Gasteiger partial charge in [0.2, 0.25) is 10.0 Å². The van der Waals surface area contributed by atoms with Crippen molar-refractivity contribution in [1.82, 2.24) is 4.31 Å². The Kier molecular flexibility index (Phi) is 2.33. The lowest BCUT2D eigenvalue weighted by molar-refractivity contribution is 0.153. The first-order valence-electron chi connectivity index (χ1n) is 4.62. The molecule has 2 aliphatic rings. The van der Waals surface area contributed by atoms with E-state index in [0.29, 0.717) is 18.5 Å². The topological polar surface area (TPSA) is 37.4 Å². The number of halogens is 1. The lowest BCUT2D eigenvalue weighted by Gasteiger charge is -2.37. The molecular weight excluding hydrogens is 210 g/mol. The van der Waals surface area contributed by atoms with Crippen LogP contribution in [-0.4, -0.2) is 31.0 Å². The van der Waals surface area contributed by atoms with E-state index in [0.717, 1.165) is 6.42 Å². The van der Waals surface area contributed by atoms with Crippen molar-refractivity contribution >= 4 is 21.6 Å². The number of nitrogens with zero attached hydrogens (tertiary/aromatic N) is 1. The van der Waals surface area contributed by atoms with Crippen LogP contribution < -0.4 is 0 Å². The average Bonchev–Trinajstić information content (AvgIpc) is 2.48. The number of hydrogen-bond donors (Lipinski definition) is 0. The van der Waals surface area contributed by atoms with Crippen LogP contribution >= 0.6 is 11.6 Å². The molecule has 1 saturated heterocycles. The average molecular weight is 224 g/mol. The van der Waals surface area contributed by atoms with Gasteiger partial charge in [0.05, 0.1) is 0 Å². The van der Waals surface area contributed by atoms with Crippen molar-refractivity contribution in [1.29, 1.82) is 0 Å². The standard InChI is InChI=1S/C8H14ClNO2S/c9-7-13(11,12)10-5-4-8(6-10)2-1-3-8/h1-7H2. The third kappa shape index (κ3) is 1.60. The van der Waals surface area contributed by atoms with Crippen LogP contribution in [0.25, 0.3) is 0 Å². The van der Waals surface area contributed by atoms with Gasteiger partial charge in [0, 0.05) is 13.1 Å². The van der Waals surface area contributed by atoms with Crippen LogP contribution in [0.2, 0.25) is 0 Å². The minimum atomic E-state index is -3.15. The maximum absolute atomic E-state index is 11.4. The fourth-order valence-corrected chi connectivity index (χ4v) is 3.68. The molecule has 2 fully saturated rings. The molecule has 1 heterocycles. The zero-order valence-corrected chi connectivity index (χ0v) is 9.07. The molecule has 13 heavy (non-hydrogen) atoms. The molecule has 0 aromatic heterocycles. The van der Waals surface area contributed by atoms with Gasteiger partial charge in [0.25, 0.3) is 0 Å². The molecule has 0 N–H and O–H groups in total. The van der Waals surface area contributed by atoms with Crippen LogP contribution in [0, 0.1) is 5.41 Å². The molecule has 0 unspecified atom stereocenters. The fourth-order valence-electron chi connectivity index (χ4n) is 2.29. The summed E-state index contributed by atoms with van der Waals surface area (Å²) in [5, 5.41) is -0.275. The van der Waals surface area contributed by atoms with Gasteiger partial charge in [-0.2, -0.15) is 0 Å². The Morgan fingerprint density at radius 2 is 2.00 bits per heavy atom. The number of sulfonamides is 1. The zero-order valence-electron chi connectivity index (χ0n) is 7.50. The van der Waals surface area contributed by atoms with Gasteiger partial charge in [0.1, 0.15) is 5.21 Å². The van der Waals surface area contributed by atoms with E-state index in [2.05, 4.69) is 0 Å². The van der Waals surface area contributed by atoms with E-state index in [1.165, 1.54) is 19.3 Å². The quantitative estimate of drug-likeness (QED) is 0.664. The minimum absolute atomic E-state index is 0.275. The molecule has 3 nitrogen and oxygen atoms in total. The van der Waals surface area contributed by atoms with Crippen molar-refractivity contribution < 1.29 is 8.42 Å². The van der Waals surface area contributed by atoms with E-state index in [1.807, 2.05) is 0 Å². The predicted molar refractivity (Wildman–Crippen MR) is 52.1 cm³/mol. The molecule has 1 spiro atoms. The maximum Gasteiger partial charge on any atom is 0.228 e. The summed E-state index contributed by atoms with van der Waals surface area (Å²) in [6.45, 7) is 1.39. The number of alkyl halides is 1. The predicted octanol–water partition coefficient (Wildman–Crippen LogP) is 1.39. The second-order valence-corrected chi connectivity index (χ2v) is 6.71. The van der Waals surface area contributed by atoms with Gasteiger partial charge in [-0.1, -0.05) is 6.42 Å². The van der Waals surface area contributed by atoms with Gasteiger partial charge < -0.3 is 0 Å². The number of hydrogen-bond acceptors (Lipinski definition) is 2. The molecule has 76 valence electrons. The molecular formula is C8H14ClNO2S. The highest BCUT2D eigenvalue weighted by atomic mass is 35.5. The molecule has 0 aromatic carbocycles. The summed E-state index contributed by atoms with van der Waals surface area (Å²) in [6, 6.07) is 0. The van der Waals surface area contributed by atoms with Crippen LogP contribution in [0.5, 0.6) is 0 Å². The first-order chi connectivity index (χ1) is 6.08. The van der Waals surface area contributed by atoms with Crippen LogP contribution in [0.15, 0.2) is 0 Å². The molecule has 2 rings (SSSR count). The Bertz CT molecular complexity index is 297. The summed E-state index contributed by atoms with van der Waals surface area (Å²) in [5.41, 5.74) is 0.332. The second-order valence-electron chi connectivity index (χ2n) is 4.16. The third-order valence-electron chi connectivity index (χ3n) is 3.35. The van der Waals surface area contributed by atoms with E-state index in [4.69, 9.17) is 11.6 Å². The van der Waals surface area contributed by atoms with Crippen molar-refractivity contribution in [2.75, 3.05) is 18.3 Å². The molecule has 1 aliphatic carbocycles. The highest BCUT2D eigenvalue weighted by molar-refractivity contribution is 7.90. The van der Waals surface area contributed by atoms with Crippen molar-refractivity contribution in [3.8, 4) is 0 Å². The summed E-state index contributed by atoms with van der Waals surface area (Å²) < 4.78 is 24.4. The summed E-state index contributed by atoms with van der Waals surface area (Å²) in [4.78, 5) is 0. The van der Waals surface area contributed by atoms with Crippen molar-refractivity contribution in [2.24, 2.45) is 5.41 Å². The highest BCUT2D eigenvalue weighted by Gasteiger charge is 2.45. The van der Waals surface area contributed by atoms with Crippen molar-refractivity contribution in [2.45, 2.75) is 25.7 Å². The largest absolute Gasteiger partial charge is 0.228 e. The number of rotatable bonds is 2. The van der Waals surface area contributed by atoms with Gasteiger partial charge in [-0.05, 0) is 24.7 Å². The van der Waals surface area contributed by atoms with Crippen LogP contribution in [-0.2, 0) is 10.0 Å². The zero-order chi connectivity index (χ0) is 9.53. The van der Waals surface area contributed by atoms with E-state index < -0.39 is 10.0 Å². The fraction of sp³-hybridized carbons (Fsp3) is 1.00. The van der Waals surface area contributed by atoms with Gasteiger partial charge in [-0.3, -0.25) is 0 Å². The first kappa shape index (κ1) is 9.74. The van der Waals surface area contributed by atoms with Gasteiger partial charge >= 0.3 is 0 Å². The van der Waals surface area contributed by atoms with E-state index in [1.54, 1.807) is 4.31 Å². The van der Waals surface area contributed by atoms with E-state index in [9.17, 15) is 8.42 Å². The Labute approximate surface area is 84.1 Å². The monoisotopic (exact) mass is 223 g/mol.